The maximum Gasteiger partial charge on any atom is 0.322 e. The zero-order valence-corrected chi connectivity index (χ0v) is 8.19. The molecule has 1 atom stereocenters. The van der Waals surface area contributed by atoms with Gasteiger partial charge in [-0.15, -0.1) is 0 Å². The summed E-state index contributed by atoms with van der Waals surface area (Å²) >= 11 is 3.30. The van der Waals surface area contributed by atoms with Gasteiger partial charge in [-0.25, -0.2) is 4.79 Å². The Morgan fingerprint density at radius 3 is 2.58 bits per heavy atom. The van der Waals surface area contributed by atoms with E-state index in [2.05, 4.69) is 26.6 Å². The van der Waals surface area contributed by atoms with Crippen molar-refractivity contribution in [1.29, 1.82) is 0 Å². The highest BCUT2D eigenvalue weighted by molar-refractivity contribution is 9.09. The predicted octanol–water partition coefficient (Wildman–Crippen LogP) is 0.760. The smallest absolute Gasteiger partial charge is 0.322 e. The lowest BCUT2D eigenvalue weighted by molar-refractivity contribution is -0.120. The van der Waals surface area contributed by atoms with E-state index in [9.17, 15) is 9.59 Å². The number of alkyl halides is 1. The minimum atomic E-state index is -0.371. The Hall–Kier alpha value is -0.580. The molecule has 1 saturated heterocycles. The first kappa shape index (κ1) is 9.51. The number of urea groups is 1. The van der Waals surface area contributed by atoms with Crippen LogP contribution in [0.4, 0.5) is 4.79 Å². The summed E-state index contributed by atoms with van der Waals surface area (Å²) in [4.78, 5) is 21.6. The first-order valence-corrected chi connectivity index (χ1v) is 5.03. The van der Waals surface area contributed by atoms with Gasteiger partial charge in [0.25, 0.3) is 5.91 Å². The van der Waals surface area contributed by atoms with Crippen molar-refractivity contribution in [2.75, 3.05) is 5.33 Å². The van der Waals surface area contributed by atoms with Gasteiger partial charge in [0.15, 0.2) is 0 Å². The molecule has 12 heavy (non-hydrogen) atoms. The molecule has 1 aliphatic rings. The van der Waals surface area contributed by atoms with Gasteiger partial charge in [0.1, 0.15) is 6.04 Å². The zero-order chi connectivity index (χ0) is 8.97. The first-order chi connectivity index (χ1) is 5.74. The van der Waals surface area contributed by atoms with Gasteiger partial charge in [-0.3, -0.25) is 10.1 Å². The molecule has 68 valence electrons. The number of rotatable bonds is 4. The monoisotopic (exact) mass is 234 g/mol. The molecular weight excluding hydrogens is 224 g/mol. The van der Waals surface area contributed by atoms with Gasteiger partial charge in [0.2, 0.25) is 0 Å². The Bertz CT molecular complexity index is 196. The van der Waals surface area contributed by atoms with E-state index in [0.717, 1.165) is 24.6 Å². The second-order valence-electron chi connectivity index (χ2n) is 2.70. The van der Waals surface area contributed by atoms with E-state index in [1.807, 2.05) is 0 Å². The topological polar surface area (TPSA) is 58.2 Å². The van der Waals surface area contributed by atoms with Crippen LogP contribution in [-0.2, 0) is 4.79 Å². The highest BCUT2D eigenvalue weighted by atomic mass is 79.9. The molecule has 0 aromatic heterocycles. The third-order valence-corrected chi connectivity index (χ3v) is 2.30. The van der Waals surface area contributed by atoms with Crippen LogP contribution >= 0.6 is 15.9 Å². The van der Waals surface area contributed by atoms with Crippen LogP contribution in [0.5, 0.6) is 0 Å². The van der Waals surface area contributed by atoms with Gasteiger partial charge in [-0.2, -0.15) is 0 Å². The molecule has 1 rings (SSSR count). The van der Waals surface area contributed by atoms with Gasteiger partial charge in [0, 0.05) is 5.33 Å². The van der Waals surface area contributed by atoms with E-state index in [1.165, 1.54) is 0 Å². The van der Waals surface area contributed by atoms with Crippen LogP contribution in [0.3, 0.4) is 0 Å². The summed E-state index contributed by atoms with van der Waals surface area (Å²) in [5.41, 5.74) is 0. The quantitative estimate of drug-likeness (QED) is 0.429. The van der Waals surface area contributed by atoms with E-state index in [4.69, 9.17) is 0 Å². The van der Waals surface area contributed by atoms with Crippen LogP contribution in [-0.4, -0.2) is 23.3 Å². The molecule has 0 aliphatic carbocycles. The number of hydrogen-bond donors (Lipinski definition) is 2. The highest BCUT2D eigenvalue weighted by Gasteiger charge is 2.28. The minimum Gasteiger partial charge on any atom is -0.326 e. The summed E-state index contributed by atoms with van der Waals surface area (Å²) in [6.45, 7) is 0. The Kier molecular flexibility index (Phi) is 3.52. The molecule has 1 fully saturated rings. The Labute approximate surface area is 79.2 Å². The average Bonchev–Trinajstić information content (AvgIpc) is 2.31. The normalized spacial score (nSPS) is 22.2. The second kappa shape index (κ2) is 4.45. The predicted molar refractivity (Wildman–Crippen MR) is 48.1 cm³/mol. The van der Waals surface area contributed by atoms with Crippen LogP contribution < -0.4 is 10.6 Å². The molecule has 3 amide bonds. The number of amides is 3. The van der Waals surface area contributed by atoms with Gasteiger partial charge < -0.3 is 5.32 Å². The van der Waals surface area contributed by atoms with Crippen LogP contribution in [0.1, 0.15) is 19.3 Å². The maximum atomic E-state index is 11.0. The largest absolute Gasteiger partial charge is 0.326 e. The molecule has 4 nitrogen and oxygen atoms in total. The number of hydrogen-bond acceptors (Lipinski definition) is 2. The Balaban J connectivity index is 2.24. The van der Waals surface area contributed by atoms with E-state index in [1.54, 1.807) is 0 Å². The van der Waals surface area contributed by atoms with Crippen molar-refractivity contribution in [2.45, 2.75) is 25.3 Å². The first-order valence-electron chi connectivity index (χ1n) is 3.91. The lowest BCUT2D eigenvalue weighted by atomic mass is 10.1. The second-order valence-corrected chi connectivity index (χ2v) is 3.49. The molecular formula is C7H11BrN2O2. The molecule has 1 aliphatic heterocycles. The number of halogens is 1. The molecule has 0 aromatic carbocycles. The van der Waals surface area contributed by atoms with Gasteiger partial charge in [-0.1, -0.05) is 22.4 Å². The number of unbranched alkanes of at least 4 members (excludes halogenated alkanes) is 1. The van der Waals surface area contributed by atoms with Crippen LogP contribution in [0.2, 0.25) is 0 Å². The van der Waals surface area contributed by atoms with Gasteiger partial charge in [-0.05, 0) is 12.8 Å². The molecule has 2 N–H and O–H groups in total. The summed E-state index contributed by atoms with van der Waals surface area (Å²) in [5.74, 6) is -0.199. The molecule has 0 aromatic rings. The maximum absolute atomic E-state index is 11.0. The third kappa shape index (κ3) is 2.48. The summed E-state index contributed by atoms with van der Waals surface area (Å²) in [6, 6.07) is -0.680. The van der Waals surface area contributed by atoms with Gasteiger partial charge >= 0.3 is 6.03 Å². The summed E-state index contributed by atoms with van der Waals surface area (Å²) in [7, 11) is 0. The molecule has 0 bridgehead atoms. The molecule has 0 spiro atoms. The molecule has 0 saturated carbocycles. The Morgan fingerprint density at radius 2 is 2.08 bits per heavy atom. The van der Waals surface area contributed by atoms with E-state index < -0.39 is 0 Å². The van der Waals surface area contributed by atoms with Crippen molar-refractivity contribution in [3.63, 3.8) is 0 Å². The fraction of sp³-hybridized carbons (Fsp3) is 0.714. The van der Waals surface area contributed by atoms with Crippen LogP contribution in [0, 0.1) is 0 Å². The van der Waals surface area contributed by atoms with Crippen molar-refractivity contribution in [3.05, 3.63) is 0 Å². The third-order valence-electron chi connectivity index (χ3n) is 1.73. The van der Waals surface area contributed by atoms with Crippen LogP contribution in [0.25, 0.3) is 0 Å². The summed E-state index contributed by atoms with van der Waals surface area (Å²) in [5, 5.41) is 5.68. The van der Waals surface area contributed by atoms with Gasteiger partial charge in [0.05, 0.1) is 0 Å². The molecule has 0 radical (unpaired) electrons. The number of nitrogens with one attached hydrogen (secondary N) is 2. The molecule has 5 heteroatoms. The average molecular weight is 235 g/mol. The minimum absolute atomic E-state index is 0.199. The van der Waals surface area contributed by atoms with Crippen molar-refractivity contribution in [1.82, 2.24) is 10.6 Å². The zero-order valence-electron chi connectivity index (χ0n) is 6.60. The van der Waals surface area contributed by atoms with Crippen molar-refractivity contribution in [2.24, 2.45) is 0 Å². The number of carbonyl (C=O) groups excluding carboxylic acids is 2. The fourth-order valence-electron chi connectivity index (χ4n) is 1.11. The van der Waals surface area contributed by atoms with Crippen molar-refractivity contribution < 1.29 is 9.59 Å². The molecule has 1 heterocycles. The van der Waals surface area contributed by atoms with Crippen LogP contribution in [0.15, 0.2) is 0 Å². The van der Waals surface area contributed by atoms with Crippen molar-refractivity contribution in [3.8, 4) is 0 Å². The number of imide groups is 1. The van der Waals surface area contributed by atoms with Crippen molar-refractivity contribution >= 4 is 27.9 Å². The SMILES string of the molecule is O=C1NC(=O)[C@@H](CCCCBr)N1. The van der Waals surface area contributed by atoms with E-state index in [0.29, 0.717) is 0 Å². The lowest BCUT2D eigenvalue weighted by Gasteiger charge is -2.04. The Morgan fingerprint density at radius 1 is 1.33 bits per heavy atom. The lowest BCUT2D eigenvalue weighted by Crippen LogP contribution is -2.28. The van der Waals surface area contributed by atoms with E-state index >= 15 is 0 Å². The number of carbonyl (C=O) groups is 2. The highest BCUT2D eigenvalue weighted by Crippen LogP contribution is 2.05. The molecule has 0 unspecified atom stereocenters. The summed E-state index contributed by atoms with van der Waals surface area (Å²) in [6.07, 6.45) is 2.70. The summed E-state index contributed by atoms with van der Waals surface area (Å²) < 4.78 is 0. The fourth-order valence-corrected chi connectivity index (χ4v) is 1.50. The van der Waals surface area contributed by atoms with E-state index in [-0.39, 0.29) is 18.0 Å². The standard InChI is InChI=1S/C7H11BrN2O2/c8-4-2-1-3-5-6(11)10-7(12)9-5/h5H,1-4H2,(H2,9,10,11,12)/t5-/m1/s1.